The van der Waals surface area contributed by atoms with E-state index < -0.39 is 0 Å². The Hall–Kier alpha value is -2.75. The minimum atomic E-state index is 0.795. The standard InChI is InChI=1S/C47H76N2O2/c1-3-5-7-9-11-13-15-17-19-21-23-25-27-29-39-50-44-35-31-42(32-36-44)46-41-47(49-48-46)43-33-37-45(38-34-43)51-40-30-28-26-24-22-20-18-16-14-12-10-8-6-4-2/h31-38,41H,3-30,39-40H2,1-2H3,(H,48,49). The summed E-state index contributed by atoms with van der Waals surface area (Å²) in [7, 11) is 0. The zero-order valence-corrected chi connectivity index (χ0v) is 33.2. The Bertz CT molecular complexity index is 1090. The third-order valence-electron chi connectivity index (χ3n) is 10.4. The molecule has 1 heterocycles. The summed E-state index contributed by atoms with van der Waals surface area (Å²) in [4.78, 5) is 0. The van der Waals surface area contributed by atoms with Crippen molar-refractivity contribution in [3.63, 3.8) is 0 Å². The van der Waals surface area contributed by atoms with Crippen LogP contribution in [-0.4, -0.2) is 23.4 Å². The number of aromatic amines is 1. The van der Waals surface area contributed by atoms with Crippen molar-refractivity contribution in [2.75, 3.05) is 13.2 Å². The molecule has 0 fully saturated rings. The summed E-state index contributed by atoms with van der Waals surface area (Å²) in [5.74, 6) is 1.88. The van der Waals surface area contributed by atoms with E-state index >= 15 is 0 Å². The molecule has 0 aliphatic heterocycles. The van der Waals surface area contributed by atoms with Gasteiger partial charge in [0.2, 0.25) is 0 Å². The zero-order valence-electron chi connectivity index (χ0n) is 33.2. The molecule has 0 amide bonds. The molecule has 1 N–H and O–H groups in total. The van der Waals surface area contributed by atoms with Gasteiger partial charge in [-0.2, -0.15) is 5.10 Å². The van der Waals surface area contributed by atoms with Crippen LogP contribution >= 0.6 is 0 Å². The SMILES string of the molecule is CCCCCCCCCCCCCCCCOc1ccc(-c2cc(-c3ccc(OCCCCCCCCCCCCCCCC)cc3)[nH]n2)cc1. The predicted molar refractivity (Wildman–Crippen MR) is 221 cm³/mol. The van der Waals surface area contributed by atoms with E-state index in [0.29, 0.717) is 0 Å². The molecular weight excluding hydrogens is 625 g/mol. The monoisotopic (exact) mass is 701 g/mol. The van der Waals surface area contributed by atoms with Crippen molar-refractivity contribution >= 4 is 0 Å². The third kappa shape index (κ3) is 20.8. The van der Waals surface area contributed by atoms with Gasteiger partial charge in [0.25, 0.3) is 0 Å². The Morgan fingerprint density at radius 1 is 0.392 bits per heavy atom. The van der Waals surface area contributed by atoms with E-state index in [0.717, 1.165) is 60.1 Å². The number of ether oxygens (including phenoxy) is 2. The smallest absolute Gasteiger partial charge is 0.119 e. The molecule has 0 saturated carbocycles. The van der Waals surface area contributed by atoms with Gasteiger partial charge in [0.05, 0.1) is 24.6 Å². The lowest BCUT2D eigenvalue weighted by molar-refractivity contribution is 0.304. The fraction of sp³-hybridized carbons (Fsp3) is 0.681. The highest BCUT2D eigenvalue weighted by Gasteiger charge is 2.07. The molecule has 2 aromatic carbocycles. The predicted octanol–water partition coefficient (Wildman–Crippen LogP) is 15.5. The summed E-state index contributed by atoms with van der Waals surface area (Å²) >= 11 is 0. The van der Waals surface area contributed by atoms with Crippen LogP contribution in [0.2, 0.25) is 0 Å². The molecule has 0 atom stereocenters. The number of hydrogen-bond acceptors (Lipinski definition) is 3. The van der Waals surface area contributed by atoms with Gasteiger partial charge in [0.15, 0.2) is 0 Å². The van der Waals surface area contributed by atoms with Gasteiger partial charge in [-0.3, -0.25) is 5.10 Å². The number of rotatable bonds is 34. The van der Waals surface area contributed by atoms with E-state index in [1.54, 1.807) is 0 Å². The van der Waals surface area contributed by atoms with Crippen molar-refractivity contribution in [1.82, 2.24) is 10.2 Å². The van der Waals surface area contributed by atoms with Crippen LogP contribution in [0.1, 0.15) is 194 Å². The number of unbranched alkanes of at least 4 members (excludes halogenated alkanes) is 26. The maximum absolute atomic E-state index is 6.03. The van der Waals surface area contributed by atoms with E-state index in [1.807, 2.05) is 0 Å². The minimum Gasteiger partial charge on any atom is -0.494 e. The van der Waals surface area contributed by atoms with Gasteiger partial charge < -0.3 is 9.47 Å². The Balaban J connectivity index is 1.18. The van der Waals surface area contributed by atoms with Crippen LogP contribution in [0.3, 0.4) is 0 Å². The minimum absolute atomic E-state index is 0.795. The lowest BCUT2D eigenvalue weighted by Crippen LogP contribution is -1.97. The number of aromatic nitrogens is 2. The molecule has 0 saturated heterocycles. The van der Waals surface area contributed by atoms with E-state index in [2.05, 4.69) is 78.6 Å². The van der Waals surface area contributed by atoms with Crippen LogP contribution in [0, 0.1) is 0 Å². The number of nitrogens with zero attached hydrogens (tertiary/aromatic N) is 1. The molecule has 51 heavy (non-hydrogen) atoms. The molecule has 0 aliphatic rings. The maximum atomic E-state index is 6.03. The summed E-state index contributed by atoms with van der Waals surface area (Å²) in [6.07, 6.45) is 38.6. The maximum Gasteiger partial charge on any atom is 0.119 e. The van der Waals surface area contributed by atoms with Gasteiger partial charge in [-0.05, 0) is 73.0 Å². The zero-order chi connectivity index (χ0) is 35.9. The summed E-state index contributed by atoms with van der Waals surface area (Å²) in [6, 6.07) is 18.8. The van der Waals surface area contributed by atoms with Crippen LogP contribution < -0.4 is 9.47 Å². The third-order valence-corrected chi connectivity index (χ3v) is 10.4. The molecular formula is C47H76N2O2. The lowest BCUT2D eigenvalue weighted by Gasteiger charge is -2.07. The van der Waals surface area contributed by atoms with Gasteiger partial charge in [0.1, 0.15) is 11.5 Å². The normalized spacial score (nSPS) is 11.3. The van der Waals surface area contributed by atoms with Crippen LogP contribution in [0.15, 0.2) is 54.6 Å². The number of hydrogen-bond donors (Lipinski definition) is 1. The van der Waals surface area contributed by atoms with Crippen LogP contribution in [0.4, 0.5) is 0 Å². The van der Waals surface area contributed by atoms with Gasteiger partial charge in [-0.1, -0.05) is 181 Å². The first-order valence-corrected chi connectivity index (χ1v) is 21.8. The Morgan fingerprint density at radius 2 is 0.706 bits per heavy atom. The summed E-state index contributed by atoms with van der Waals surface area (Å²) in [5, 5.41) is 7.80. The number of H-pyrrole nitrogens is 1. The van der Waals surface area contributed by atoms with E-state index in [4.69, 9.17) is 9.47 Å². The molecule has 0 unspecified atom stereocenters. The van der Waals surface area contributed by atoms with Crippen molar-refractivity contribution in [3.8, 4) is 34.0 Å². The highest BCUT2D eigenvalue weighted by molar-refractivity contribution is 5.68. The van der Waals surface area contributed by atoms with Gasteiger partial charge >= 0.3 is 0 Å². The highest BCUT2D eigenvalue weighted by atomic mass is 16.5. The Labute approximate surface area is 314 Å². The molecule has 3 aromatic rings. The first-order valence-electron chi connectivity index (χ1n) is 21.8. The van der Waals surface area contributed by atoms with Crippen molar-refractivity contribution in [1.29, 1.82) is 0 Å². The average molecular weight is 701 g/mol. The largest absolute Gasteiger partial charge is 0.494 e. The number of benzene rings is 2. The molecule has 1 aromatic heterocycles. The first kappa shape index (κ1) is 42.7. The van der Waals surface area contributed by atoms with Crippen molar-refractivity contribution in [2.45, 2.75) is 194 Å². The topological polar surface area (TPSA) is 47.1 Å². The molecule has 0 bridgehead atoms. The van der Waals surface area contributed by atoms with Gasteiger partial charge in [0, 0.05) is 5.56 Å². The second-order valence-corrected chi connectivity index (χ2v) is 15.1. The van der Waals surface area contributed by atoms with Crippen molar-refractivity contribution in [2.24, 2.45) is 0 Å². The fourth-order valence-corrected chi connectivity index (χ4v) is 7.04. The average Bonchev–Trinajstić information content (AvgIpc) is 3.66. The van der Waals surface area contributed by atoms with E-state index in [-0.39, 0.29) is 0 Å². The quantitative estimate of drug-likeness (QED) is 0.0631. The molecule has 0 spiro atoms. The van der Waals surface area contributed by atoms with Crippen molar-refractivity contribution < 1.29 is 9.47 Å². The highest BCUT2D eigenvalue weighted by Crippen LogP contribution is 2.27. The second kappa shape index (κ2) is 29.8. The summed E-state index contributed by atoms with van der Waals surface area (Å²) in [5.41, 5.74) is 4.17. The summed E-state index contributed by atoms with van der Waals surface area (Å²) < 4.78 is 12.1. The molecule has 4 heteroatoms. The molecule has 0 aliphatic carbocycles. The summed E-state index contributed by atoms with van der Waals surface area (Å²) in [6.45, 7) is 6.18. The van der Waals surface area contributed by atoms with Crippen molar-refractivity contribution in [3.05, 3.63) is 54.6 Å². The lowest BCUT2D eigenvalue weighted by atomic mass is 10.0. The van der Waals surface area contributed by atoms with E-state index in [1.165, 1.54) is 167 Å². The van der Waals surface area contributed by atoms with Crippen LogP contribution in [-0.2, 0) is 0 Å². The van der Waals surface area contributed by atoms with E-state index in [9.17, 15) is 0 Å². The molecule has 3 rings (SSSR count). The van der Waals surface area contributed by atoms with Crippen LogP contribution in [0.5, 0.6) is 11.5 Å². The number of nitrogens with one attached hydrogen (secondary N) is 1. The second-order valence-electron chi connectivity index (χ2n) is 15.1. The Morgan fingerprint density at radius 3 is 1.06 bits per heavy atom. The first-order chi connectivity index (χ1) is 25.3. The fourth-order valence-electron chi connectivity index (χ4n) is 7.04. The van der Waals surface area contributed by atoms with Gasteiger partial charge in [-0.15, -0.1) is 0 Å². The van der Waals surface area contributed by atoms with Crippen LogP contribution in [0.25, 0.3) is 22.5 Å². The molecule has 4 nitrogen and oxygen atoms in total. The molecule has 286 valence electrons. The molecule has 0 radical (unpaired) electrons. The Kier molecular flexibility index (Phi) is 24.9. The van der Waals surface area contributed by atoms with Gasteiger partial charge in [-0.25, -0.2) is 0 Å².